The molecular formula is C13H20O. The molecule has 0 N–H and O–H groups in total. The lowest BCUT2D eigenvalue weighted by molar-refractivity contribution is 0.298. The predicted octanol–water partition coefficient (Wildman–Crippen LogP) is 4.19. The van der Waals surface area contributed by atoms with Crippen LogP contribution in [0.25, 0.3) is 0 Å². The fourth-order valence-corrected chi connectivity index (χ4v) is 1.44. The zero-order valence-corrected chi connectivity index (χ0v) is 9.42. The van der Waals surface area contributed by atoms with Gasteiger partial charge >= 0.3 is 0 Å². The quantitative estimate of drug-likeness (QED) is 0.607. The van der Waals surface area contributed by atoms with E-state index in [1.165, 1.54) is 0 Å². The zero-order chi connectivity index (χ0) is 10.4. The first-order valence-corrected chi connectivity index (χ1v) is 5.47. The van der Waals surface area contributed by atoms with Crippen molar-refractivity contribution in [1.29, 1.82) is 0 Å². The first-order chi connectivity index (χ1) is 6.76. The molecule has 0 heterocycles. The van der Waals surface area contributed by atoms with Crippen LogP contribution in [-0.4, -0.2) is 0 Å². The Labute approximate surface area is 87.2 Å². The van der Waals surface area contributed by atoms with Crippen molar-refractivity contribution in [3.05, 3.63) is 35.8 Å². The Morgan fingerprint density at radius 3 is 2.93 bits per heavy atom. The second-order valence-corrected chi connectivity index (χ2v) is 3.79. The largest absolute Gasteiger partial charge is 0.462 e. The van der Waals surface area contributed by atoms with Crippen LogP contribution in [0.15, 0.2) is 35.8 Å². The van der Waals surface area contributed by atoms with Crippen LogP contribution in [0, 0.1) is 5.92 Å². The standard InChI is InChI=1S/C13H20O/c1-4-6-12(5-2)14-13-9-7-11(3)8-10-13/h5,7,9-11H,4,6,8H2,1-3H3/b12-5+. The monoisotopic (exact) mass is 192 g/mol. The molecule has 0 fully saturated rings. The molecule has 0 radical (unpaired) electrons. The maximum Gasteiger partial charge on any atom is 0.122 e. The van der Waals surface area contributed by atoms with Gasteiger partial charge in [-0.25, -0.2) is 0 Å². The number of hydrogen-bond acceptors (Lipinski definition) is 1. The summed E-state index contributed by atoms with van der Waals surface area (Å²) in [7, 11) is 0. The minimum Gasteiger partial charge on any atom is -0.462 e. The molecule has 0 aromatic carbocycles. The zero-order valence-electron chi connectivity index (χ0n) is 9.42. The number of rotatable bonds is 4. The van der Waals surface area contributed by atoms with E-state index in [0.29, 0.717) is 5.92 Å². The van der Waals surface area contributed by atoms with Crippen LogP contribution in [-0.2, 0) is 4.74 Å². The fraction of sp³-hybridized carbons (Fsp3) is 0.538. The van der Waals surface area contributed by atoms with E-state index in [4.69, 9.17) is 4.74 Å². The predicted molar refractivity (Wildman–Crippen MR) is 60.8 cm³/mol. The van der Waals surface area contributed by atoms with Crippen molar-refractivity contribution < 1.29 is 4.74 Å². The molecule has 14 heavy (non-hydrogen) atoms. The van der Waals surface area contributed by atoms with Gasteiger partial charge in [0.05, 0.1) is 5.76 Å². The molecule has 0 saturated carbocycles. The summed E-state index contributed by atoms with van der Waals surface area (Å²) in [5, 5.41) is 0. The van der Waals surface area contributed by atoms with Gasteiger partial charge in [0.2, 0.25) is 0 Å². The molecule has 1 unspecified atom stereocenters. The molecule has 0 aromatic rings. The van der Waals surface area contributed by atoms with Crippen molar-refractivity contribution >= 4 is 0 Å². The lowest BCUT2D eigenvalue weighted by atomic mass is 10.0. The van der Waals surface area contributed by atoms with E-state index in [0.717, 1.165) is 30.8 Å². The summed E-state index contributed by atoms with van der Waals surface area (Å²) in [4.78, 5) is 0. The van der Waals surface area contributed by atoms with E-state index in [-0.39, 0.29) is 0 Å². The lowest BCUT2D eigenvalue weighted by Crippen LogP contribution is -1.98. The summed E-state index contributed by atoms with van der Waals surface area (Å²) in [6, 6.07) is 0. The van der Waals surface area contributed by atoms with Crippen LogP contribution in [0.2, 0.25) is 0 Å². The van der Waals surface area contributed by atoms with E-state index in [1.807, 2.05) is 6.92 Å². The van der Waals surface area contributed by atoms with E-state index < -0.39 is 0 Å². The molecule has 0 saturated heterocycles. The van der Waals surface area contributed by atoms with Crippen LogP contribution in [0.1, 0.15) is 40.0 Å². The minimum atomic E-state index is 0.655. The first-order valence-electron chi connectivity index (χ1n) is 5.47. The highest BCUT2D eigenvalue weighted by Crippen LogP contribution is 2.20. The molecule has 0 aromatic heterocycles. The van der Waals surface area contributed by atoms with Crippen LogP contribution < -0.4 is 0 Å². The minimum absolute atomic E-state index is 0.655. The van der Waals surface area contributed by atoms with Crippen LogP contribution in [0.5, 0.6) is 0 Å². The molecule has 1 rings (SSSR count). The highest BCUT2D eigenvalue weighted by molar-refractivity contribution is 5.19. The summed E-state index contributed by atoms with van der Waals surface area (Å²) >= 11 is 0. The third-order valence-electron chi connectivity index (χ3n) is 2.35. The van der Waals surface area contributed by atoms with Gasteiger partial charge in [0.15, 0.2) is 0 Å². The molecule has 0 aliphatic heterocycles. The maximum atomic E-state index is 5.76. The van der Waals surface area contributed by atoms with Crippen molar-refractivity contribution in [2.75, 3.05) is 0 Å². The van der Waals surface area contributed by atoms with E-state index in [2.05, 4.69) is 38.2 Å². The molecule has 1 heteroatoms. The molecule has 1 nitrogen and oxygen atoms in total. The van der Waals surface area contributed by atoms with Gasteiger partial charge in [-0.15, -0.1) is 0 Å². The third kappa shape index (κ3) is 3.41. The number of allylic oxidation sites excluding steroid dienone is 5. The van der Waals surface area contributed by atoms with Crippen molar-refractivity contribution in [1.82, 2.24) is 0 Å². The topological polar surface area (TPSA) is 9.23 Å². The second-order valence-electron chi connectivity index (χ2n) is 3.79. The van der Waals surface area contributed by atoms with Crippen LogP contribution in [0.3, 0.4) is 0 Å². The Hall–Kier alpha value is -0.980. The Morgan fingerprint density at radius 1 is 1.64 bits per heavy atom. The average Bonchev–Trinajstić information content (AvgIpc) is 2.20. The van der Waals surface area contributed by atoms with Gasteiger partial charge in [0.25, 0.3) is 0 Å². The third-order valence-corrected chi connectivity index (χ3v) is 2.35. The fourth-order valence-electron chi connectivity index (χ4n) is 1.44. The average molecular weight is 192 g/mol. The molecule has 0 amide bonds. The molecule has 1 atom stereocenters. The molecule has 0 spiro atoms. The van der Waals surface area contributed by atoms with Gasteiger partial charge in [-0.3, -0.25) is 0 Å². The summed E-state index contributed by atoms with van der Waals surface area (Å²) in [5.41, 5.74) is 0. The van der Waals surface area contributed by atoms with Crippen molar-refractivity contribution in [3.63, 3.8) is 0 Å². The Bertz CT molecular complexity index is 258. The number of ether oxygens (including phenoxy) is 1. The van der Waals surface area contributed by atoms with Gasteiger partial charge < -0.3 is 4.74 Å². The van der Waals surface area contributed by atoms with Crippen molar-refractivity contribution in [3.8, 4) is 0 Å². The van der Waals surface area contributed by atoms with Gasteiger partial charge in [-0.2, -0.15) is 0 Å². The highest BCUT2D eigenvalue weighted by Gasteiger charge is 2.05. The molecular weight excluding hydrogens is 172 g/mol. The van der Waals surface area contributed by atoms with Gasteiger partial charge in [0, 0.05) is 6.42 Å². The van der Waals surface area contributed by atoms with Crippen LogP contribution in [0.4, 0.5) is 0 Å². The first kappa shape index (κ1) is 11.1. The number of hydrogen-bond donors (Lipinski definition) is 0. The lowest BCUT2D eigenvalue weighted by Gasteiger charge is -2.14. The summed E-state index contributed by atoms with van der Waals surface area (Å²) in [6.07, 6.45) is 11.8. The van der Waals surface area contributed by atoms with Crippen LogP contribution >= 0.6 is 0 Å². The Morgan fingerprint density at radius 2 is 2.43 bits per heavy atom. The van der Waals surface area contributed by atoms with E-state index in [9.17, 15) is 0 Å². The van der Waals surface area contributed by atoms with Gasteiger partial charge in [-0.05, 0) is 43.9 Å². The second kappa shape index (κ2) is 5.69. The normalized spacial score (nSPS) is 22.1. The van der Waals surface area contributed by atoms with Gasteiger partial charge in [-0.1, -0.05) is 19.9 Å². The van der Waals surface area contributed by atoms with Crippen molar-refractivity contribution in [2.45, 2.75) is 40.0 Å². The Balaban J connectivity index is 2.48. The smallest absolute Gasteiger partial charge is 0.122 e. The summed E-state index contributed by atoms with van der Waals surface area (Å²) in [6.45, 7) is 6.41. The molecule has 1 aliphatic rings. The van der Waals surface area contributed by atoms with Crippen molar-refractivity contribution in [2.24, 2.45) is 5.92 Å². The highest BCUT2D eigenvalue weighted by atomic mass is 16.5. The summed E-state index contributed by atoms with van der Waals surface area (Å²) in [5.74, 6) is 2.74. The maximum absolute atomic E-state index is 5.76. The van der Waals surface area contributed by atoms with Gasteiger partial charge in [0.1, 0.15) is 5.76 Å². The Kier molecular flexibility index (Phi) is 4.51. The molecule has 0 bridgehead atoms. The molecule has 1 aliphatic carbocycles. The SMILES string of the molecule is C/C=C(\CCC)OC1=CCC(C)C=C1. The summed E-state index contributed by atoms with van der Waals surface area (Å²) < 4.78 is 5.76. The van der Waals surface area contributed by atoms with E-state index in [1.54, 1.807) is 0 Å². The molecule has 78 valence electrons. The van der Waals surface area contributed by atoms with E-state index >= 15 is 0 Å².